The summed E-state index contributed by atoms with van der Waals surface area (Å²) >= 11 is 0. The van der Waals surface area contributed by atoms with E-state index in [9.17, 15) is 13.2 Å². The maximum atomic E-state index is 13.1. The van der Waals surface area contributed by atoms with Crippen LogP contribution < -0.4 is 10.5 Å². The molecule has 0 spiro atoms. The Morgan fingerprint density at radius 3 is 2.50 bits per heavy atom. The van der Waals surface area contributed by atoms with Gasteiger partial charge in [-0.05, 0) is 13.0 Å². The lowest BCUT2D eigenvalue weighted by Crippen LogP contribution is -2.09. The Kier molecular flexibility index (Phi) is 3.61. The summed E-state index contributed by atoms with van der Waals surface area (Å²) < 4.78 is 45.6. The molecule has 0 radical (unpaired) electrons. The van der Waals surface area contributed by atoms with Crippen LogP contribution in [0.3, 0.4) is 0 Å². The highest BCUT2D eigenvalue weighted by Crippen LogP contribution is 2.42. The number of ether oxygens (including phenoxy) is 1. The number of nitrogen functional groups attached to an aromatic ring is 1. The molecule has 0 saturated heterocycles. The molecule has 2 rings (SSSR count). The zero-order chi connectivity index (χ0) is 14.9. The number of hydrogen-bond acceptors (Lipinski definition) is 3. The third kappa shape index (κ3) is 2.31. The number of alkyl halides is 3. The Labute approximate surface area is 114 Å². The molecule has 0 aliphatic rings. The largest absolute Gasteiger partial charge is 0.496 e. The second kappa shape index (κ2) is 5.07. The number of aryl methyl sites for hydroxylation is 1. The van der Waals surface area contributed by atoms with Crippen LogP contribution in [-0.2, 0) is 12.7 Å². The van der Waals surface area contributed by atoms with Gasteiger partial charge in [0.2, 0.25) is 0 Å². The van der Waals surface area contributed by atoms with Crippen molar-refractivity contribution < 1.29 is 17.9 Å². The molecule has 4 nitrogen and oxygen atoms in total. The summed E-state index contributed by atoms with van der Waals surface area (Å²) in [6, 6.07) is 6.41. The molecule has 2 aromatic rings. The van der Waals surface area contributed by atoms with E-state index in [0.717, 1.165) is 4.68 Å². The number of aromatic nitrogens is 2. The first kappa shape index (κ1) is 14.2. The predicted molar refractivity (Wildman–Crippen MR) is 69.3 cm³/mol. The SMILES string of the molecule is CCn1nc(C(F)(F)F)c(-c2ccccc2OC)c1N. The molecule has 2 N–H and O–H groups in total. The lowest BCUT2D eigenvalue weighted by atomic mass is 10.0. The predicted octanol–water partition coefficient (Wildman–Crippen LogP) is 3.18. The van der Waals surface area contributed by atoms with Crippen molar-refractivity contribution in [1.29, 1.82) is 0 Å². The average molecular weight is 285 g/mol. The zero-order valence-electron chi connectivity index (χ0n) is 11.0. The fraction of sp³-hybridized carbons (Fsp3) is 0.308. The van der Waals surface area contributed by atoms with Crippen LogP contribution in [0.4, 0.5) is 19.0 Å². The summed E-state index contributed by atoms with van der Waals surface area (Å²) in [4.78, 5) is 0. The third-order valence-electron chi connectivity index (χ3n) is 2.94. The number of halogens is 3. The van der Waals surface area contributed by atoms with Gasteiger partial charge in [0.15, 0.2) is 5.69 Å². The summed E-state index contributed by atoms with van der Waals surface area (Å²) in [7, 11) is 1.40. The standard InChI is InChI=1S/C13H14F3N3O/c1-3-19-12(17)10(11(18-19)13(14,15)16)8-6-4-5-7-9(8)20-2/h4-7H,3,17H2,1-2H3. The average Bonchev–Trinajstić information content (AvgIpc) is 2.75. The summed E-state index contributed by atoms with van der Waals surface area (Å²) in [5.41, 5.74) is 4.95. The van der Waals surface area contributed by atoms with E-state index < -0.39 is 11.9 Å². The molecule has 0 fully saturated rings. The molecule has 20 heavy (non-hydrogen) atoms. The van der Waals surface area contributed by atoms with Gasteiger partial charge < -0.3 is 10.5 Å². The third-order valence-corrected chi connectivity index (χ3v) is 2.94. The highest BCUT2D eigenvalue weighted by Gasteiger charge is 2.39. The van der Waals surface area contributed by atoms with Crippen LogP contribution in [0.1, 0.15) is 12.6 Å². The molecular weight excluding hydrogens is 271 g/mol. The smallest absolute Gasteiger partial charge is 0.435 e. The van der Waals surface area contributed by atoms with Gasteiger partial charge in [-0.15, -0.1) is 0 Å². The second-order valence-electron chi connectivity index (χ2n) is 4.12. The number of benzene rings is 1. The van der Waals surface area contributed by atoms with Gasteiger partial charge in [-0.2, -0.15) is 18.3 Å². The van der Waals surface area contributed by atoms with Crippen LogP contribution in [0.25, 0.3) is 11.1 Å². The lowest BCUT2D eigenvalue weighted by molar-refractivity contribution is -0.141. The number of para-hydroxylation sites is 1. The van der Waals surface area contributed by atoms with E-state index in [4.69, 9.17) is 10.5 Å². The first-order chi connectivity index (χ1) is 9.40. The minimum Gasteiger partial charge on any atom is -0.496 e. The van der Waals surface area contributed by atoms with E-state index in [1.54, 1.807) is 25.1 Å². The Balaban J connectivity index is 2.75. The molecule has 0 aliphatic carbocycles. The van der Waals surface area contributed by atoms with Gasteiger partial charge in [0.25, 0.3) is 0 Å². The van der Waals surface area contributed by atoms with Gasteiger partial charge in [0.05, 0.1) is 12.7 Å². The number of rotatable bonds is 3. The van der Waals surface area contributed by atoms with Crippen molar-refractivity contribution in [3.8, 4) is 16.9 Å². The van der Waals surface area contributed by atoms with E-state index in [0.29, 0.717) is 5.75 Å². The van der Waals surface area contributed by atoms with Crippen LogP contribution in [0.2, 0.25) is 0 Å². The molecular formula is C13H14F3N3O. The van der Waals surface area contributed by atoms with Crippen LogP contribution >= 0.6 is 0 Å². The Hall–Kier alpha value is -2.18. The summed E-state index contributed by atoms with van der Waals surface area (Å²) in [5.74, 6) is 0.296. The molecule has 1 aromatic carbocycles. The van der Waals surface area contributed by atoms with Gasteiger partial charge in [-0.25, -0.2) is 4.68 Å². The van der Waals surface area contributed by atoms with Crippen molar-refractivity contribution in [2.75, 3.05) is 12.8 Å². The second-order valence-corrected chi connectivity index (χ2v) is 4.12. The van der Waals surface area contributed by atoms with Gasteiger partial charge in [0, 0.05) is 12.1 Å². The number of anilines is 1. The topological polar surface area (TPSA) is 53.1 Å². The van der Waals surface area contributed by atoms with E-state index in [1.807, 2.05) is 0 Å². The summed E-state index contributed by atoms with van der Waals surface area (Å²) in [5, 5.41) is 3.56. The molecule has 108 valence electrons. The van der Waals surface area contributed by atoms with Crippen molar-refractivity contribution in [3.63, 3.8) is 0 Å². The van der Waals surface area contributed by atoms with Crippen LogP contribution in [0.15, 0.2) is 24.3 Å². The lowest BCUT2D eigenvalue weighted by Gasteiger charge is -2.10. The molecule has 0 unspecified atom stereocenters. The minimum absolute atomic E-state index is 0.0238. The normalized spacial score (nSPS) is 11.7. The molecule has 7 heteroatoms. The van der Waals surface area contributed by atoms with E-state index in [1.165, 1.54) is 13.2 Å². The zero-order valence-corrected chi connectivity index (χ0v) is 11.0. The van der Waals surface area contributed by atoms with Crippen LogP contribution in [0.5, 0.6) is 5.75 Å². The Morgan fingerprint density at radius 2 is 1.95 bits per heavy atom. The Bertz CT molecular complexity index is 620. The van der Waals surface area contributed by atoms with Gasteiger partial charge in [0.1, 0.15) is 11.6 Å². The van der Waals surface area contributed by atoms with Gasteiger partial charge in [-0.1, -0.05) is 18.2 Å². The van der Waals surface area contributed by atoms with Crippen LogP contribution in [0, 0.1) is 0 Å². The summed E-state index contributed by atoms with van der Waals surface area (Å²) in [6.45, 7) is 1.93. The van der Waals surface area contributed by atoms with Crippen LogP contribution in [-0.4, -0.2) is 16.9 Å². The van der Waals surface area contributed by atoms with Crippen molar-refractivity contribution in [3.05, 3.63) is 30.0 Å². The van der Waals surface area contributed by atoms with Crippen molar-refractivity contribution in [2.45, 2.75) is 19.6 Å². The maximum absolute atomic E-state index is 13.1. The van der Waals surface area contributed by atoms with Crippen molar-refractivity contribution in [1.82, 2.24) is 9.78 Å². The number of hydrogen-bond donors (Lipinski definition) is 1. The fourth-order valence-electron chi connectivity index (χ4n) is 2.03. The molecule has 0 bridgehead atoms. The monoisotopic (exact) mass is 285 g/mol. The molecule has 0 atom stereocenters. The van der Waals surface area contributed by atoms with E-state index in [-0.39, 0.29) is 23.5 Å². The number of nitrogens with zero attached hydrogens (tertiary/aromatic N) is 2. The maximum Gasteiger partial charge on any atom is 0.435 e. The fourth-order valence-corrected chi connectivity index (χ4v) is 2.03. The first-order valence-corrected chi connectivity index (χ1v) is 5.97. The van der Waals surface area contributed by atoms with Gasteiger partial charge in [-0.3, -0.25) is 0 Å². The number of methoxy groups -OCH3 is 1. The van der Waals surface area contributed by atoms with Crippen molar-refractivity contribution >= 4 is 5.82 Å². The van der Waals surface area contributed by atoms with E-state index in [2.05, 4.69) is 5.10 Å². The molecule has 0 aliphatic heterocycles. The molecule has 1 aromatic heterocycles. The van der Waals surface area contributed by atoms with Crippen molar-refractivity contribution in [2.24, 2.45) is 0 Å². The summed E-state index contributed by atoms with van der Waals surface area (Å²) in [6.07, 6.45) is -4.58. The quantitative estimate of drug-likeness (QED) is 0.942. The minimum atomic E-state index is -4.58. The Morgan fingerprint density at radius 1 is 1.30 bits per heavy atom. The number of nitrogens with two attached hydrogens (primary N) is 1. The molecule has 0 amide bonds. The van der Waals surface area contributed by atoms with Gasteiger partial charge >= 0.3 is 6.18 Å². The van der Waals surface area contributed by atoms with E-state index >= 15 is 0 Å². The first-order valence-electron chi connectivity index (χ1n) is 5.97. The molecule has 1 heterocycles. The molecule has 0 saturated carbocycles. The highest BCUT2D eigenvalue weighted by atomic mass is 19.4. The highest BCUT2D eigenvalue weighted by molar-refractivity contribution is 5.81.